The average Bonchev–Trinajstić information content (AvgIpc) is 2.81. The summed E-state index contributed by atoms with van der Waals surface area (Å²) >= 11 is 5.90. The Morgan fingerprint density at radius 3 is 2.89 bits per heavy atom. The summed E-state index contributed by atoms with van der Waals surface area (Å²) in [5.74, 6) is 0.0293. The molecular formula is C14H10ClN3O. The molecule has 0 fully saturated rings. The standard InChI is InChI=1S/C14H10ClN3O/c1-9(19)10-3-2-4-11(7-10)12-8-16-14-6-5-13(15)17-18(12)14/h2-8H,1H3. The highest BCUT2D eigenvalue weighted by Gasteiger charge is 2.09. The van der Waals surface area contributed by atoms with Gasteiger partial charge in [-0.25, -0.2) is 9.50 Å². The number of hydrogen-bond donors (Lipinski definition) is 0. The van der Waals surface area contributed by atoms with Gasteiger partial charge in [0.25, 0.3) is 0 Å². The van der Waals surface area contributed by atoms with E-state index in [1.807, 2.05) is 18.2 Å². The zero-order valence-corrected chi connectivity index (χ0v) is 10.9. The zero-order valence-electron chi connectivity index (χ0n) is 10.2. The van der Waals surface area contributed by atoms with E-state index >= 15 is 0 Å². The van der Waals surface area contributed by atoms with Gasteiger partial charge in [0, 0.05) is 11.1 Å². The molecule has 0 unspecified atom stereocenters. The SMILES string of the molecule is CC(=O)c1cccc(-c2cnc3ccc(Cl)nn23)c1. The molecule has 0 radical (unpaired) electrons. The fourth-order valence-corrected chi connectivity index (χ4v) is 2.08. The minimum atomic E-state index is 0.0293. The Bertz CT molecular complexity index is 779. The second-order valence-corrected chi connectivity index (χ2v) is 4.59. The number of carbonyl (C=O) groups excluding carboxylic acids is 1. The lowest BCUT2D eigenvalue weighted by atomic mass is 10.1. The average molecular weight is 272 g/mol. The molecule has 3 aromatic rings. The Hall–Kier alpha value is -2.20. The zero-order chi connectivity index (χ0) is 13.4. The molecular weight excluding hydrogens is 262 g/mol. The van der Waals surface area contributed by atoms with E-state index in [1.54, 1.807) is 35.8 Å². The van der Waals surface area contributed by atoms with Crippen molar-refractivity contribution in [3.63, 3.8) is 0 Å². The second kappa shape index (κ2) is 4.48. The van der Waals surface area contributed by atoms with Gasteiger partial charge in [0.15, 0.2) is 11.4 Å². The van der Waals surface area contributed by atoms with Crippen molar-refractivity contribution in [2.75, 3.05) is 0 Å². The summed E-state index contributed by atoms with van der Waals surface area (Å²) in [6, 6.07) is 10.9. The Balaban J connectivity index is 2.21. The summed E-state index contributed by atoms with van der Waals surface area (Å²) < 4.78 is 1.67. The normalized spacial score (nSPS) is 10.8. The number of aromatic nitrogens is 3. The van der Waals surface area contributed by atoms with Gasteiger partial charge >= 0.3 is 0 Å². The van der Waals surface area contributed by atoms with Gasteiger partial charge in [0.1, 0.15) is 5.15 Å². The third-order valence-electron chi connectivity index (χ3n) is 2.89. The maximum absolute atomic E-state index is 11.4. The first-order valence-corrected chi connectivity index (χ1v) is 6.14. The number of imidazole rings is 1. The highest BCUT2D eigenvalue weighted by atomic mass is 35.5. The third kappa shape index (κ3) is 2.11. The van der Waals surface area contributed by atoms with Crippen LogP contribution in [0, 0.1) is 0 Å². The highest BCUT2D eigenvalue weighted by molar-refractivity contribution is 6.29. The van der Waals surface area contributed by atoms with Gasteiger partial charge in [-0.15, -0.1) is 0 Å². The third-order valence-corrected chi connectivity index (χ3v) is 3.10. The minimum Gasteiger partial charge on any atom is -0.295 e. The molecule has 4 nitrogen and oxygen atoms in total. The quantitative estimate of drug-likeness (QED) is 0.672. The summed E-state index contributed by atoms with van der Waals surface area (Å²) in [5.41, 5.74) is 3.07. The van der Waals surface area contributed by atoms with Crippen molar-refractivity contribution in [3.8, 4) is 11.3 Å². The first-order chi connectivity index (χ1) is 9.15. The van der Waals surface area contributed by atoms with E-state index in [0.717, 1.165) is 11.3 Å². The van der Waals surface area contributed by atoms with Crippen LogP contribution in [0.15, 0.2) is 42.6 Å². The molecule has 0 N–H and O–H groups in total. The number of fused-ring (bicyclic) bond motifs is 1. The van der Waals surface area contributed by atoms with Crippen LogP contribution < -0.4 is 0 Å². The molecule has 0 aliphatic heterocycles. The maximum Gasteiger partial charge on any atom is 0.159 e. The van der Waals surface area contributed by atoms with Crippen LogP contribution in [-0.4, -0.2) is 20.4 Å². The van der Waals surface area contributed by atoms with Crippen LogP contribution >= 0.6 is 11.6 Å². The van der Waals surface area contributed by atoms with Gasteiger partial charge in [-0.1, -0.05) is 29.8 Å². The number of rotatable bonds is 2. The molecule has 0 bridgehead atoms. The second-order valence-electron chi connectivity index (χ2n) is 4.21. The molecule has 0 atom stereocenters. The molecule has 5 heteroatoms. The number of nitrogens with zero attached hydrogens (tertiary/aromatic N) is 3. The number of ketones is 1. The summed E-state index contributed by atoms with van der Waals surface area (Å²) in [6.07, 6.45) is 1.72. The van der Waals surface area contributed by atoms with Gasteiger partial charge in [-0.05, 0) is 25.1 Å². The lowest BCUT2D eigenvalue weighted by Gasteiger charge is -2.03. The Morgan fingerprint density at radius 1 is 1.26 bits per heavy atom. The van der Waals surface area contributed by atoms with Crippen molar-refractivity contribution >= 4 is 23.0 Å². The van der Waals surface area contributed by atoms with Crippen LogP contribution in [0.4, 0.5) is 0 Å². The van der Waals surface area contributed by atoms with Crippen LogP contribution in [0.1, 0.15) is 17.3 Å². The number of carbonyl (C=O) groups is 1. The van der Waals surface area contributed by atoms with Gasteiger partial charge in [-0.2, -0.15) is 5.10 Å². The lowest BCUT2D eigenvalue weighted by Crippen LogP contribution is -1.96. The number of hydrogen-bond acceptors (Lipinski definition) is 3. The van der Waals surface area contributed by atoms with Gasteiger partial charge in [-0.3, -0.25) is 4.79 Å². The molecule has 2 aromatic heterocycles. The molecule has 0 aliphatic rings. The van der Waals surface area contributed by atoms with E-state index in [-0.39, 0.29) is 5.78 Å². The van der Waals surface area contributed by atoms with Gasteiger partial charge in [0.2, 0.25) is 0 Å². The number of benzene rings is 1. The van der Waals surface area contributed by atoms with Crippen LogP contribution in [0.2, 0.25) is 5.15 Å². The molecule has 94 valence electrons. The van der Waals surface area contributed by atoms with E-state index in [9.17, 15) is 4.79 Å². The number of Topliss-reactive ketones (excluding diaryl/α,β-unsaturated/α-hetero) is 1. The van der Waals surface area contributed by atoms with Crippen molar-refractivity contribution in [2.24, 2.45) is 0 Å². The van der Waals surface area contributed by atoms with Crippen molar-refractivity contribution in [1.82, 2.24) is 14.6 Å². The van der Waals surface area contributed by atoms with Crippen LogP contribution in [0.3, 0.4) is 0 Å². The fourth-order valence-electron chi connectivity index (χ4n) is 1.95. The molecule has 0 spiro atoms. The smallest absolute Gasteiger partial charge is 0.159 e. The molecule has 0 aliphatic carbocycles. The monoisotopic (exact) mass is 271 g/mol. The molecule has 0 saturated heterocycles. The van der Waals surface area contributed by atoms with Crippen LogP contribution in [0.25, 0.3) is 16.9 Å². The molecule has 1 aromatic carbocycles. The lowest BCUT2D eigenvalue weighted by molar-refractivity contribution is 0.101. The van der Waals surface area contributed by atoms with Crippen molar-refractivity contribution in [2.45, 2.75) is 6.92 Å². The van der Waals surface area contributed by atoms with Crippen molar-refractivity contribution < 1.29 is 4.79 Å². The van der Waals surface area contributed by atoms with Crippen LogP contribution in [-0.2, 0) is 0 Å². The van der Waals surface area contributed by atoms with E-state index in [4.69, 9.17) is 11.6 Å². The summed E-state index contributed by atoms with van der Waals surface area (Å²) in [6.45, 7) is 1.54. The largest absolute Gasteiger partial charge is 0.295 e. The van der Waals surface area contributed by atoms with E-state index < -0.39 is 0 Å². The molecule has 3 rings (SSSR count). The molecule has 2 heterocycles. The van der Waals surface area contributed by atoms with Crippen LogP contribution in [0.5, 0.6) is 0 Å². The van der Waals surface area contributed by atoms with Crippen molar-refractivity contribution in [1.29, 1.82) is 0 Å². The molecule has 0 saturated carbocycles. The number of halogens is 1. The molecule has 0 amide bonds. The van der Waals surface area contributed by atoms with E-state index in [1.165, 1.54) is 0 Å². The van der Waals surface area contributed by atoms with Crippen molar-refractivity contribution in [3.05, 3.63) is 53.3 Å². The maximum atomic E-state index is 11.4. The highest BCUT2D eigenvalue weighted by Crippen LogP contribution is 2.22. The van der Waals surface area contributed by atoms with E-state index in [0.29, 0.717) is 16.4 Å². The fraction of sp³-hybridized carbons (Fsp3) is 0.0714. The molecule has 19 heavy (non-hydrogen) atoms. The predicted octanol–water partition coefficient (Wildman–Crippen LogP) is 3.25. The summed E-state index contributed by atoms with van der Waals surface area (Å²) in [4.78, 5) is 15.7. The Morgan fingerprint density at radius 2 is 2.11 bits per heavy atom. The Labute approximate surface area is 114 Å². The summed E-state index contributed by atoms with van der Waals surface area (Å²) in [7, 11) is 0. The van der Waals surface area contributed by atoms with E-state index in [2.05, 4.69) is 10.1 Å². The van der Waals surface area contributed by atoms with Gasteiger partial charge in [0.05, 0.1) is 11.9 Å². The topological polar surface area (TPSA) is 47.3 Å². The summed E-state index contributed by atoms with van der Waals surface area (Å²) in [5, 5.41) is 4.62. The predicted molar refractivity (Wildman–Crippen MR) is 73.4 cm³/mol. The minimum absolute atomic E-state index is 0.0293. The first-order valence-electron chi connectivity index (χ1n) is 5.77. The first kappa shape index (κ1) is 11.9. The van der Waals surface area contributed by atoms with Gasteiger partial charge < -0.3 is 0 Å². The Kier molecular flexibility index (Phi) is 2.80.